The lowest BCUT2D eigenvalue weighted by Gasteiger charge is -2.20. The van der Waals surface area contributed by atoms with Crippen LogP contribution in [0.25, 0.3) is 10.9 Å². The number of halogens is 1. The molecule has 2 heterocycles. The molecule has 0 bridgehead atoms. The van der Waals surface area contributed by atoms with E-state index in [9.17, 15) is 0 Å². The van der Waals surface area contributed by atoms with Gasteiger partial charge in [0.2, 0.25) is 0 Å². The van der Waals surface area contributed by atoms with Gasteiger partial charge in [0.15, 0.2) is 0 Å². The van der Waals surface area contributed by atoms with Crippen LogP contribution in [-0.4, -0.2) is 22.6 Å². The predicted octanol–water partition coefficient (Wildman–Crippen LogP) is 4.69. The molecule has 2 nitrogen and oxygen atoms in total. The molecule has 3 rings (SSSR count). The first-order valence-electron chi connectivity index (χ1n) is 7.78. The molecule has 3 heteroatoms. The van der Waals surface area contributed by atoms with Crippen LogP contribution in [-0.2, 0) is 13.1 Å². The molecular weight excluding hydrogens is 268 g/mol. The average Bonchev–Trinajstić information content (AvgIpc) is 2.61. The topological polar surface area (TPSA) is 8.17 Å². The standard InChI is InChI=1S/C17H23ClN2/c1-2-20-16(13-19-9-5-3-4-6-10-19)12-14-11-15(18)7-8-17(14)20/h7-8,11-12H,2-6,9-10,13H2,1H3. The Bertz CT molecular complexity index is 580. The summed E-state index contributed by atoms with van der Waals surface area (Å²) in [6, 6.07) is 8.53. The highest BCUT2D eigenvalue weighted by atomic mass is 35.5. The molecule has 0 atom stereocenters. The van der Waals surface area contributed by atoms with Crippen LogP contribution in [0.3, 0.4) is 0 Å². The van der Waals surface area contributed by atoms with Crippen LogP contribution in [0.5, 0.6) is 0 Å². The maximum Gasteiger partial charge on any atom is 0.0483 e. The van der Waals surface area contributed by atoms with E-state index in [-0.39, 0.29) is 0 Å². The summed E-state index contributed by atoms with van der Waals surface area (Å²) in [7, 11) is 0. The van der Waals surface area contributed by atoms with E-state index in [2.05, 4.69) is 34.6 Å². The van der Waals surface area contributed by atoms with E-state index < -0.39 is 0 Å². The molecule has 0 amide bonds. The number of hydrogen-bond acceptors (Lipinski definition) is 1. The van der Waals surface area contributed by atoms with Gasteiger partial charge in [0.05, 0.1) is 0 Å². The van der Waals surface area contributed by atoms with Gasteiger partial charge in [0, 0.05) is 34.7 Å². The molecule has 0 saturated carbocycles. The molecule has 0 N–H and O–H groups in total. The Hall–Kier alpha value is -0.990. The maximum absolute atomic E-state index is 6.12. The summed E-state index contributed by atoms with van der Waals surface area (Å²) in [5.74, 6) is 0. The Morgan fingerprint density at radius 1 is 1.05 bits per heavy atom. The van der Waals surface area contributed by atoms with Crippen molar-refractivity contribution in [1.29, 1.82) is 0 Å². The van der Waals surface area contributed by atoms with E-state index in [4.69, 9.17) is 11.6 Å². The number of aromatic nitrogens is 1. The van der Waals surface area contributed by atoms with E-state index in [1.165, 1.54) is 55.4 Å². The second-order valence-corrected chi connectivity index (χ2v) is 6.21. The van der Waals surface area contributed by atoms with E-state index in [0.717, 1.165) is 18.1 Å². The number of benzene rings is 1. The van der Waals surface area contributed by atoms with Crippen LogP contribution >= 0.6 is 11.6 Å². The van der Waals surface area contributed by atoms with Gasteiger partial charge in [-0.3, -0.25) is 4.90 Å². The molecule has 2 aromatic rings. The normalized spacial score (nSPS) is 17.5. The lowest BCUT2D eigenvalue weighted by Crippen LogP contribution is -2.25. The first-order valence-corrected chi connectivity index (χ1v) is 8.16. The van der Waals surface area contributed by atoms with Gasteiger partial charge in [-0.1, -0.05) is 24.4 Å². The van der Waals surface area contributed by atoms with Gasteiger partial charge in [-0.05, 0) is 57.1 Å². The monoisotopic (exact) mass is 290 g/mol. The molecule has 0 unspecified atom stereocenters. The Balaban J connectivity index is 1.89. The highest BCUT2D eigenvalue weighted by Crippen LogP contribution is 2.25. The average molecular weight is 291 g/mol. The molecule has 1 aromatic heterocycles. The fraction of sp³-hybridized carbons (Fsp3) is 0.529. The lowest BCUT2D eigenvalue weighted by atomic mass is 10.2. The van der Waals surface area contributed by atoms with Crippen molar-refractivity contribution in [3.63, 3.8) is 0 Å². The molecule has 1 fully saturated rings. The molecule has 0 spiro atoms. The van der Waals surface area contributed by atoms with Crippen molar-refractivity contribution in [3.8, 4) is 0 Å². The van der Waals surface area contributed by atoms with Gasteiger partial charge in [-0.15, -0.1) is 0 Å². The van der Waals surface area contributed by atoms with Gasteiger partial charge in [-0.25, -0.2) is 0 Å². The molecule has 1 aliphatic heterocycles. The second kappa shape index (κ2) is 6.19. The zero-order valence-corrected chi connectivity index (χ0v) is 13.0. The summed E-state index contributed by atoms with van der Waals surface area (Å²) >= 11 is 6.12. The third kappa shape index (κ3) is 2.87. The van der Waals surface area contributed by atoms with Crippen molar-refractivity contribution in [2.45, 2.75) is 45.7 Å². The van der Waals surface area contributed by atoms with Crippen molar-refractivity contribution in [2.75, 3.05) is 13.1 Å². The fourth-order valence-corrected chi connectivity index (χ4v) is 3.51. The number of fused-ring (bicyclic) bond motifs is 1. The number of rotatable bonds is 3. The van der Waals surface area contributed by atoms with Crippen molar-refractivity contribution in [3.05, 3.63) is 35.0 Å². The van der Waals surface area contributed by atoms with Crippen molar-refractivity contribution in [2.24, 2.45) is 0 Å². The quantitative estimate of drug-likeness (QED) is 0.796. The van der Waals surface area contributed by atoms with Crippen LogP contribution in [0.2, 0.25) is 5.02 Å². The first kappa shape index (κ1) is 14.0. The number of hydrogen-bond donors (Lipinski definition) is 0. The summed E-state index contributed by atoms with van der Waals surface area (Å²) in [5, 5.41) is 2.09. The second-order valence-electron chi connectivity index (χ2n) is 5.77. The van der Waals surface area contributed by atoms with Crippen LogP contribution < -0.4 is 0 Å². The van der Waals surface area contributed by atoms with Gasteiger partial charge in [-0.2, -0.15) is 0 Å². The van der Waals surface area contributed by atoms with Crippen LogP contribution in [0, 0.1) is 0 Å². The van der Waals surface area contributed by atoms with Crippen LogP contribution in [0.1, 0.15) is 38.3 Å². The summed E-state index contributed by atoms with van der Waals surface area (Å²) in [6.07, 6.45) is 5.47. The summed E-state index contributed by atoms with van der Waals surface area (Å²) in [4.78, 5) is 2.61. The minimum atomic E-state index is 0.826. The van der Waals surface area contributed by atoms with Crippen LogP contribution in [0.15, 0.2) is 24.3 Å². The Morgan fingerprint density at radius 2 is 1.80 bits per heavy atom. The fourth-order valence-electron chi connectivity index (χ4n) is 3.33. The maximum atomic E-state index is 6.12. The molecule has 1 saturated heterocycles. The first-order chi connectivity index (χ1) is 9.78. The Labute approximate surface area is 126 Å². The van der Waals surface area contributed by atoms with E-state index in [1.54, 1.807) is 0 Å². The molecule has 1 aliphatic rings. The van der Waals surface area contributed by atoms with Gasteiger partial charge in [0.25, 0.3) is 0 Å². The minimum absolute atomic E-state index is 0.826. The summed E-state index contributed by atoms with van der Waals surface area (Å²) < 4.78 is 2.43. The zero-order chi connectivity index (χ0) is 13.9. The highest BCUT2D eigenvalue weighted by molar-refractivity contribution is 6.31. The number of nitrogens with zero attached hydrogens (tertiary/aromatic N) is 2. The highest BCUT2D eigenvalue weighted by Gasteiger charge is 2.13. The molecule has 0 radical (unpaired) electrons. The molecule has 20 heavy (non-hydrogen) atoms. The molecular formula is C17H23ClN2. The van der Waals surface area contributed by atoms with Gasteiger partial charge >= 0.3 is 0 Å². The molecule has 108 valence electrons. The zero-order valence-electron chi connectivity index (χ0n) is 12.2. The van der Waals surface area contributed by atoms with E-state index >= 15 is 0 Å². The largest absolute Gasteiger partial charge is 0.344 e. The lowest BCUT2D eigenvalue weighted by molar-refractivity contribution is 0.270. The smallest absolute Gasteiger partial charge is 0.0483 e. The van der Waals surface area contributed by atoms with Crippen LogP contribution in [0.4, 0.5) is 0 Å². The summed E-state index contributed by atoms with van der Waals surface area (Å²) in [5.41, 5.74) is 2.73. The van der Waals surface area contributed by atoms with Crippen molar-refractivity contribution in [1.82, 2.24) is 9.47 Å². The van der Waals surface area contributed by atoms with Crippen molar-refractivity contribution < 1.29 is 0 Å². The molecule has 1 aromatic carbocycles. The number of aryl methyl sites for hydroxylation is 1. The number of likely N-dealkylation sites (tertiary alicyclic amines) is 1. The third-order valence-corrected chi connectivity index (χ3v) is 4.58. The van der Waals surface area contributed by atoms with Gasteiger partial charge in [0.1, 0.15) is 0 Å². The Morgan fingerprint density at radius 3 is 2.50 bits per heavy atom. The SMILES string of the molecule is CCn1c(CN2CCCCCC2)cc2cc(Cl)ccc21. The third-order valence-electron chi connectivity index (χ3n) is 4.35. The molecule has 0 aliphatic carbocycles. The minimum Gasteiger partial charge on any atom is -0.344 e. The predicted molar refractivity (Wildman–Crippen MR) is 86.4 cm³/mol. The van der Waals surface area contributed by atoms with E-state index in [0.29, 0.717) is 0 Å². The van der Waals surface area contributed by atoms with Crippen molar-refractivity contribution >= 4 is 22.5 Å². The van der Waals surface area contributed by atoms with Gasteiger partial charge < -0.3 is 4.57 Å². The summed E-state index contributed by atoms with van der Waals surface area (Å²) in [6.45, 7) is 6.80. The van der Waals surface area contributed by atoms with E-state index in [1.807, 2.05) is 6.07 Å². The Kier molecular flexibility index (Phi) is 4.32.